The molecular formula is C23H22N6O2. The largest absolute Gasteiger partial charge is 0.463 e. The summed E-state index contributed by atoms with van der Waals surface area (Å²) in [6, 6.07) is 17.5. The average molecular weight is 414 g/mol. The van der Waals surface area contributed by atoms with Crippen LogP contribution in [0.25, 0.3) is 22.7 Å². The standard InChI is InChI=1S/C23H22N6O2/c1-16-5-2-3-6-17(16)18-8-9-22(27-24-18)28-10-12-29(13-11-28)23(30)20-15-19(25-26-20)21-7-4-14-31-21/h2-9,14-15H,10-13H2,1H3,(H,25,26). The molecule has 8 heteroatoms. The Kier molecular flexibility index (Phi) is 4.95. The molecule has 1 saturated heterocycles. The number of amides is 1. The lowest BCUT2D eigenvalue weighted by Crippen LogP contribution is -2.49. The summed E-state index contributed by atoms with van der Waals surface area (Å²) in [5.74, 6) is 1.39. The number of carbonyl (C=O) groups is 1. The molecule has 0 saturated carbocycles. The number of carbonyl (C=O) groups excluding carboxylic acids is 1. The smallest absolute Gasteiger partial charge is 0.274 e. The molecular weight excluding hydrogens is 392 g/mol. The highest BCUT2D eigenvalue weighted by atomic mass is 16.3. The molecule has 0 aliphatic carbocycles. The molecule has 3 aromatic heterocycles. The predicted octanol–water partition coefficient (Wildman–Crippen LogP) is 3.40. The van der Waals surface area contributed by atoms with Crippen molar-refractivity contribution in [3.05, 3.63) is 72.1 Å². The van der Waals surface area contributed by atoms with Gasteiger partial charge in [-0.15, -0.1) is 10.2 Å². The SMILES string of the molecule is Cc1ccccc1-c1ccc(N2CCN(C(=O)c3cc(-c4ccco4)[nH]n3)CC2)nn1. The third kappa shape index (κ3) is 3.79. The summed E-state index contributed by atoms with van der Waals surface area (Å²) < 4.78 is 5.35. The zero-order chi connectivity index (χ0) is 21.2. The molecule has 1 N–H and O–H groups in total. The summed E-state index contributed by atoms with van der Waals surface area (Å²) in [5.41, 5.74) is 4.20. The fourth-order valence-corrected chi connectivity index (χ4v) is 3.79. The van der Waals surface area contributed by atoms with Gasteiger partial charge in [-0.05, 0) is 36.8 Å². The normalized spacial score (nSPS) is 14.1. The summed E-state index contributed by atoms with van der Waals surface area (Å²) in [5, 5.41) is 15.9. The summed E-state index contributed by atoms with van der Waals surface area (Å²) in [7, 11) is 0. The van der Waals surface area contributed by atoms with Crippen LogP contribution in [0.4, 0.5) is 5.82 Å². The number of nitrogens with zero attached hydrogens (tertiary/aromatic N) is 5. The summed E-state index contributed by atoms with van der Waals surface area (Å²) >= 11 is 0. The summed E-state index contributed by atoms with van der Waals surface area (Å²) in [6.07, 6.45) is 1.59. The van der Waals surface area contributed by atoms with Crippen LogP contribution in [0, 0.1) is 6.92 Å². The van der Waals surface area contributed by atoms with Crippen molar-refractivity contribution in [1.29, 1.82) is 0 Å². The van der Waals surface area contributed by atoms with Crippen molar-refractivity contribution in [3.63, 3.8) is 0 Å². The van der Waals surface area contributed by atoms with Crippen molar-refractivity contribution in [2.75, 3.05) is 31.1 Å². The van der Waals surface area contributed by atoms with Gasteiger partial charge in [0.1, 0.15) is 5.69 Å². The van der Waals surface area contributed by atoms with Gasteiger partial charge in [-0.1, -0.05) is 24.3 Å². The lowest BCUT2D eigenvalue weighted by Gasteiger charge is -2.34. The Morgan fingerprint density at radius 1 is 1.00 bits per heavy atom. The zero-order valence-electron chi connectivity index (χ0n) is 17.2. The number of aromatic amines is 1. The van der Waals surface area contributed by atoms with E-state index >= 15 is 0 Å². The maximum atomic E-state index is 12.8. The van der Waals surface area contributed by atoms with E-state index in [-0.39, 0.29) is 5.91 Å². The van der Waals surface area contributed by atoms with Crippen LogP contribution in [0.1, 0.15) is 16.1 Å². The van der Waals surface area contributed by atoms with Crippen molar-refractivity contribution < 1.29 is 9.21 Å². The first kappa shape index (κ1) is 19.0. The molecule has 5 rings (SSSR count). The maximum absolute atomic E-state index is 12.8. The van der Waals surface area contributed by atoms with Crippen molar-refractivity contribution in [2.24, 2.45) is 0 Å². The molecule has 1 aliphatic rings. The Labute approximate surface area is 179 Å². The first-order valence-electron chi connectivity index (χ1n) is 10.2. The Morgan fingerprint density at radius 2 is 1.84 bits per heavy atom. The molecule has 0 bridgehead atoms. The van der Waals surface area contributed by atoms with Crippen LogP contribution in [0.2, 0.25) is 0 Å². The highest BCUT2D eigenvalue weighted by Crippen LogP contribution is 2.23. The first-order valence-corrected chi connectivity index (χ1v) is 10.2. The number of hydrogen-bond donors (Lipinski definition) is 1. The van der Waals surface area contributed by atoms with E-state index in [1.807, 2.05) is 35.2 Å². The molecule has 156 valence electrons. The second-order valence-corrected chi connectivity index (χ2v) is 7.52. The minimum absolute atomic E-state index is 0.0882. The van der Waals surface area contributed by atoms with Crippen molar-refractivity contribution in [1.82, 2.24) is 25.3 Å². The molecule has 1 aliphatic heterocycles. The fraction of sp³-hybridized carbons (Fsp3) is 0.217. The van der Waals surface area contributed by atoms with E-state index in [0.29, 0.717) is 43.3 Å². The zero-order valence-corrected chi connectivity index (χ0v) is 17.2. The Hall–Kier alpha value is -3.94. The number of hydrogen-bond acceptors (Lipinski definition) is 6. The van der Waals surface area contributed by atoms with Gasteiger partial charge in [0.05, 0.1) is 12.0 Å². The van der Waals surface area contributed by atoms with E-state index < -0.39 is 0 Å². The average Bonchev–Trinajstić information content (AvgIpc) is 3.51. The molecule has 1 amide bonds. The van der Waals surface area contributed by atoms with Gasteiger partial charge < -0.3 is 14.2 Å². The molecule has 1 fully saturated rings. The van der Waals surface area contributed by atoms with E-state index in [2.05, 4.69) is 44.4 Å². The number of nitrogens with one attached hydrogen (secondary N) is 1. The van der Waals surface area contributed by atoms with Gasteiger partial charge in [0.25, 0.3) is 5.91 Å². The third-order valence-electron chi connectivity index (χ3n) is 5.55. The molecule has 8 nitrogen and oxygen atoms in total. The molecule has 1 aromatic carbocycles. The van der Waals surface area contributed by atoms with Gasteiger partial charge in [0, 0.05) is 37.8 Å². The molecule has 0 radical (unpaired) electrons. The summed E-state index contributed by atoms with van der Waals surface area (Å²) in [4.78, 5) is 16.8. The van der Waals surface area contributed by atoms with E-state index in [1.54, 1.807) is 18.4 Å². The van der Waals surface area contributed by atoms with E-state index in [4.69, 9.17) is 4.42 Å². The number of benzene rings is 1. The highest BCUT2D eigenvalue weighted by molar-refractivity contribution is 5.93. The molecule has 0 atom stereocenters. The minimum atomic E-state index is -0.0882. The fourth-order valence-electron chi connectivity index (χ4n) is 3.79. The van der Waals surface area contributed by atoms with Crippen LogP contribution in [-0.2, 0) is 0 Å². The van der Waals surface area contributed by atoms with Crippen LogP contribution >= 0.6 is 0 Å². The number of anilines is 1. The number of rotatable bonds is 4. The van der Waals surface area contributed by atoms with Gasteiger partial charge in [-0.3, -0.25) is 9.89 Å². The quantitative estimate of drug-likeness (QED) is 0.550. The van der Waals surface area contributed by atoms with Crippen LogP contribution in [0.15, 0.2) is 65.3 Å². The van der Waals surface area contributed by atoms with Crippen LogP contribution < -0.4 is 4.90 Å². The second kappa shape index (κ2) is 8.06. The van der Waals surface area contributed by atoms with Crippen molar-refractivity contribution in [3.8, 4) is 22.7 Å². The number of furan rings is 1. The van der Waals surface area contributed by atoms with E-state index in [9.17, 15) is 4.79 Å². The highest BCUT2D eigenvalue weighted by Gasteiger charge is 2.25. The topological polar surface area (TPSA) is 91.2 Å². The number of piperazine rings is 1. The number of aryl methyl sites for hydroxylation is 1. The predicted molar refractivity (Wildman–Crippen MR) is 117 cm³/mol. The van der Waals surface area contributed by atoms with Crippen molar-refractivity contribution >= 4 is 11.7 Å². The van der Waals surface area contributed by atoms with Gasteiger partial charge in [0.15, 0.2) is 17.3 Å². The summed E-state index contributed by atoms with van der Waals surface area (Å²) in [6.45, 7) is 4.66. The van der Waals surface area contributed by atoms with Gasteiger partial charge in [0.2, 0.25) is 0 Å². The Balaban J connectivity index is 1.22. The third-order valence-corrected chi connectivity index (χ3v) is 5.55. The van der Waals surface area contributed by atoms with Gasteiger partial charge in [-0.2, -0.15) is 5.10 Å². The maximum Gasteiger partial charge on any atom is 0.274 e. The Morgan fingerprint density at radius 3 is 2.55 bits per heavy atom. The first-order chi connectivity index (χ1) is 15.2. The molecule has 0 unspecified atom stereocenters. The number of aromatic nitrogens is 4. The van der Waals surface area contributed by atoms with Crippen LogP contribution in [-0.4, -0.2) is 57.4 Å². The molecule has 4 aromatic rings. The second-order valence-electron chi connectivity index (χ2n) is 7.52. The van der Waals surface area contributed by atoms with Gasteiger partial charge in [-0.25, -0.2) is 0 Å². The monoisotopic (exact) mass is 414 g/mol. The van der Waals surface area contributed by atoms with Crippen molar-refractivity contribution in [2.45, 2.75) is 6.92 Å². The Bertz CT molecular complexity index is 1180. The molecule has 4 heterocycles. The number of H-pyrrole nitrogens is 1. The lowest BCUT2D eigenvalue weighted by atomic mass is 10.1. The minimum Gasteiger partial charge on any atom is -0.463 e. The molecule has 31 heavy (non-hydrogen) atoms. The van der Waals surface area contributed by atoms with Crippen LogP contribution in [0.5, 0.6) is 0 Å². The van der Waals surface area contributed by atoms with Gasteiger partial charge >= 0.3 is 0 Å². The van der Waals surface area contributed by atoms with E-state index in [1.165, 1.54) is 5.56 Å². The lowest BCUT2D eigenvalue weighted by molar-refractivity contribution is 0.0740. The van der Waals surface area contributed by atoms with Crippen LogP contribution in [0.3, 0.4) is 0 Å². The molecule has 0 spiro atoms. The van der Waals surface area contributed by atoms with E-state index in [0.717, 1.165) is 17.1 Å².